The van der Waals surface area contributed by atoms with E-state index in [4.69, 9.17) is 25.5 Å². The molecule has 0 saturated carbocycles. The second kappa shape index (κ2) is 8.69. The Balaban J connectivity index is 1.55. The molecule has 0 unspecified atom stereocenters. The molecule has 26 heavy (non-hydrogen) atoms. The molecular weight excluding hydrogens is 354 g/mol. The fraction of sp³-hybridized carbons (Fsp3) is 0.263. The second-order valence-electron chi connectivity index (χ2n) is 5.62. The molecule has 3 rings (SSSR count). The van der Waals surface area contributed by atoms with E-state index in [9.17, 15) is 0 Å². The topological polar surface area (TPSA) is 69.4 Å². The van der Waals surface area contributed by atoms with Gasteiger partial charge in [0.2, 0.25) is 11.8 Å². The van der Waals surface area contributed by atoms with Crippen LogP contribution in [0.1, 0.15) is 11.5 Å². The predicted octanol–water partition coefficient (Wildman–Crippen LogP) is 3.74. The van der Waals surface area contributed by atoms with Gasteiger partial charge in [-0.15, -0.1) is 10.2 Å². The fourth-order valence-electron chi connectivity index (χ4n) is 2.49. The number of hydrogen-bond donors (Lipinski definition) is 1. The number of hydrogen-bond acceptors (Lipinski definition) is 6. The average Bonchev–Trinajstić information content (AvgIpc) is 3.15. The van der Waals surface area contributed by atoms with Crippen LogP contribution in [0.5, 0.6) is 11.5 Å². The van der Waals surface area contributed by atoms with Gasteiger partial charge in [0.25, 0.3) is 0 Å². The Labute approximate surface area is 157 Å². The Bertz CT molecular complexity index is 849. The Morgan fingerprint density at radius 3 is 2.50 bits per heavy atom. The van der Waals surface area contributed by atoms with E-state index >= 15 is 0 Å². The van der Waals surface area contributed by atoms with Crippen molar-refractivity contribution in [1.29, 1.82) is 0 Å². The van der Waals surface area contributed by atoms with Crippen LogP contribution < -0.4 is 14.8 Å². The molecule has 0 radical (unpaired) electrons. The second-order valence-corrected chi connectivity index (χ2v) is 6.06. The van der Waals surface area contributed by atoms with E-state index in [2.05, 4.69) is 15.5 Å². The molecule has 0 aliphatic heterocycles. The van der Waals surface area contributed by atoms with Crippen LogP contribution >= 0.6 is 11.6 Å². The van der Waals surface area contributed by atoms with Crippen LogP contribution in [-0.2, 0) is 13.0 Å². The third-order valence-electron chi connectivity index (χ3n) is 3.88. The van der Waals surface area contributed by atoms with Crippen molar-refractivity contribution in [3.63, 3.8) is 0 Å². The number of halogens is 1. The maximum atomic E-state index is 5.88. The molecule has 1 N–H and O–H groups in total. The average molecular weight is 374 g/mol. The van der Waals surface area contributed by atoms with Crippen molar-refractivity contribution < 1.29 is 13.9 Å². The molecule has 3 aromatic rings. The van der Waals surface area contributed by atoms with E-state index in [1.54, 1.807) is 14.2 Å². The summed E-state index contributed by atoms with van der Waals surface area (Å²) in [5.74, 6) is 2.25. The van der Waals surface area contributed by atoms with Crippen molar-refractivity contribution in [2.45, 2.75) is 13.0 Å². The highest BCUT2D eigenvalue weighted by Gasteiger charge is 2.12. The molecular formula is C19H20ClN3O3. The van der Waals surface area contributed by atoms with Gasteiger partial charge in [-0.1, -0.05) is 23.7 Å². The Morgan fingerprint density at radius 2 is 1.77 bits per heavy atom. The summed E-state index contributed by atoms with van der Waals surface area (Å²) in [5.41, 5.74) is 2.00. The molecule has 0 fully saturated rings. The first-order valence-electron chi connectivity index (χ1n) is 8.19. The van der Waals surface area contributed by atoms with Crippen molar-refractivity contribution in [2.75, 3.05) is 20.8 Å². The Kier molecular flexibility index (Phi) is 6.09. The minimum absolute atomic E-state index is 0.445. The molecule has 0 amide bonds. The van der Waals surface area contributed by atoms with Crippen LogP contribution in [0.3, 0.4) is 0 Å². The number of aromatic nitrogens is 2. The number of rotatable bonds is 8. The standard InChI is InChI=1S/C19H20ClN3O3/c1-24-16-8-5-14(11-17(16)25-2)19-23-22-18(26-19)12-21-10-9-13-3-6-15(20)7-4-13/h3-8,11,21H,9-10,12H2,1-2H3. The van der Waals surface area contributed by atoms with E-state index in [1.165, 1.54) is 5.56 Å². The van der Waals surface area contributed by atoms with Crippen LogP contribution in [0.4, 0.5) is 0 Å². The Morgan fingerprint density at radius 1 is 1.00 bits per heavy atom. The van der Waals surface area contributed by atoms with E-state index < -0.39 is 0 Å². The zero-order valence-corrected chi connectivity index (χ0v) is 15.4. The summed E-state index contributed by atoms with van der Waals surface area (Å²) in [4.78, 5) is 0. The number of methoxy groups -OCH3 is 2. The lowest BCUT2D eigenvalue weighted by atomic mass is 10.1. The first-order valence-corrected chi connectivity index (χ1v) is 8.57. The summed E-state index contributed by atoms with van der Waals surface area (Å²) in [6.45, 7) is 1.31. The largest absolute Gasteiger partial charge is 0.493 e. The zero-order valence-electron chi connectivity index (χ0n) is 14.7. The molecule has 0 spiro atoms. The molecule has 1 heterocycles. The number of nitrogens with zero attached hydrogens (tertiary/aromatic N) is 2. The summed E-state index contributed by atoms with van der Waals surface area (Å²) in [5, 5.41) is 12.2. The molecule has 0 bridgehead atoms. The minimum atomic E-state index is 0.445. The van der Waals surface area contributed by atoms with Gasteiger partial charge < -0.3 is 19.2 Å². The van der Waals surface area contributed by atoms with Crippen molar-refractivity contribution in [3.8, 4) is 23.0 Å². The predicted molar refractivity (Wildman–Crippen MR) is 99.7 cm³/mol. The maximum Gasteiger partial charge on any atom is 0.247 e. The van der Waals surface area contributed by atoms with E-state index in [0.29, 0.717) is 29.8 Å². The summed E-state index contributed by atoms with van der Waals surface area (Å²) >= 11 is 5.88. The fourth-order valence-corrected chi connectivity index (χ4v) is 2.62. The van der Waals surface area contributed by atoms with Gasteiger partial charge in [0, 0.05) is 10.6 Å². The normalized spacial score (nSPS) is 10.7. The lowest BCUT2D eigenvalue weighted by Crippen LogP contribution is -2.16. The number of ether oxygens (including phenoxy) is 2. The van der Waals surface area contributed by atoms with Crippen LogP contribution in [-0.4, -0.2) is 31.0 Å². The van der Waals surface area contributed by atoms with E-state index in [-0.39, 0.29) is 0 Å². The first kappa shape index (κ1) is 18.2. The van der Waals surface area contributed by atoms with Crippen molar-refractivity contribution in [1.82, 2.24) is 15.5 Å². The number of benzene rings is 2. The first-order chi connectivity index (χ1) is 12.7. The monoisotopic (exact) mass is 373 g/mol. The third kappa shape index (κ3) is 4.53. The summed E-state index contributed by atoms with van der Waals surface area (Å²) in [6.07, 6.45) is 0.897. The molecule has 7 heteroatoms. The molecule has 0 saturated heterocycles. The highest BCUT2D eigenvalue weighted by Crippen LogP contribution is 2.31. The van der Waals surface area contributed by atoms with Gasteiger partial charge >= 0.3 is 0 Å². The van der Waals surface area contributed by atoms with Crippen LogP contribution in [0, 0.1) is 0 Å². The molecule has 136 valence electrons. The lowest BCUT2D eigenvalue weighted by molar-refractivity contribution is 0.355. The molecule has 1 aromatic heterocycles. The van der Waals surface area contributed by atoms with Gasteiger partial charge in [-0.3, -0.25) is 0 Å². The number of nitrogens with one attached hydrogen (secondary N) is 1. The quantitative estimate of drug-likeness (QED) is 0.606. The molecule has 0 aliphatic carbocycles. The van der Waals surface area contributed by atoms with Crippen molar-refractivity contribution in [3.05, 3.63) is 58.9 Å². The highest BCUT2D eigenvalue weighted by molar-refractivity contribution is 6.30. The summed E-state index contributed by atoms with van der Waals surface area (Å²) in [6, 6.07) is 13.3. The smallest absolute Gasteiger partial charge is 0.247 e. The van der Waals surface area contributed by atoms with Crippen molar-refractivity contribution >= 4 is 11.6 Å². The van der Waals surface area contributed by atoms with Gasteiger partial charge in [0.1, 0.15) is 0 Å². The summed E-state index contributed by atoms with van der Waals surface area (Å²) in [7, 11) is 3.18. The Hall–Kier alpha value is -2.57. The van der Waals surface area contributed by atoms with Crippen LogP contribution in [0.15, 0.2) is 46.9 Å². The zero-order chi connectivity index (χ0) is 18.4. The van der Waals surface area contributed by atoms with E-state index in [1.807, 2.05) is 42.5 Å². The van der Waals surface area contributed by atoms with E-state index in [0.717, 1.165) is 23.6 Å². The maximum absolute atomic E-state index is 5.88. The van der Waals surface area contributed by atoms with Gasteiger partial charge in [0.05, 0.1) is 20.8 Å². The van der Waals surface area contributed by atoms with Crippen LogP contribution in [0.25, 0.3) is 11.5 Å². The van der Waals surface area contributed by atoms with Gasteiger partial charge in [-0.2, -0.15) is 0 Å². The summed E-state index contributed by atoms with van der Waals surface area (Å²) < 4.78 is 16.2. The third-order valence-corrected chi connectivity index (χ3v) is 4.13. The van der Waals surface area contributed by atoms with Gasteiger partial charge in [0.15, 0.2) is 11.5 Å². The SMILES string of the molecule is COc1ccc(-c2nnc(CNCCc3ccc(Cl)cc3)o2)cc1OC. The van der Waals surface area contributed by atoms with Gasteiger partial charge in [-0.25, -0.2) is 0 Å². The molecule has 0 aliphatic rings. The highest BCUT2D eigenvalue weighted by atomic mass is 35.5. The van der Waals surface area contributed by atoms with Crippen molar-refractivity contribution in [2.24, 2.45) is 0 Å². The van der Waals surface area contributed by atoms with Crippen LogP contribution in [0.2, 0.25) is 5.02 Å². The van der Waals surface area contributed by atoms with Gasteiger partial charge in [-0.05, 0) is 48.9 Å². The molecule has 2 aromatic carbocycles. The molecule has 0 atom stereocenters. The lowest BCUT2D eigenvalue weighted by Gasteiger charge is -2.07. The minimum Gasteiger partial charge on any atom is -0.493 e. The molecule has 6 nitrogen and oxygen atoms in total.